The SMILES string of the molecule is CCOc1ccccc1C(=O)NCC(c1ccco1)N1CCCC1. The Bertz CT molecular complexity index is 648. The quantitative estimate of drug-likeness (QED) is 0.848. The molecule has 0 bridgehead atoms. The van der Waals surface area contributed by atoms with Crippen molar-refractivity contribution in [1.29, 1.82) is 0 Å². The fourth-order valence-electron chi connectivity index (χ4n) is 3.16. The normalized spacial score (nSPS) is 16.0. The van der Waals surface area contributed by atoms with Gasteiger partial charge in [-0.05, 0) is 57.1 Å². The van der Waals surface area contributed by atoms with Crippen molar-refractivity contribution in [3.8, 4) is 5.75 Å². The second-order valence-electron chi connectivity index (χ2n) is 5.91. The molecule has 0 saturated carbocycles. The highest BCUT2D eigenvalue weighted by molar-refractivity contribution is 5.96. The Balaban J connectivity index is 1.69. The summed E-state index contributed by atoms with van der Waals surface area (Å²) in [5.41, 5.74) is 0.568. The lowest BCUT2D eigenvalue weighted by Crippen LogP contribution is -2.36. The Kier molecular flexibility index (Phi) is 5.54. The van der Waals surface area contributed by atoms with Crippen molar-refractivity contribution in [1.82, 2.24) is 10.2 Å². The van der Waals surface area contributed by atoms with Gasteiger partial charge in [-0.3, -0.25) is 9.69 Å². The zero-order chi connectivity index (χ0) is 16.8. The number of furan rings is 1. The molecule has 2 aromatic rings. The number of rotatable bonds is 7. The molecule has 5 nitrogen and oxygen atoms in total. The molecular formula is C19H24N2O3. The molecule has 1 aromatic heterocycles. The first kappa shape index (κ1) is 16.6. The molecule has 1 aromatic carbocycles. The van der Waals surface area contributed by atoms with Gasteiger partial charge in [0.05, 0.1) is 24.5 Å². The van der Waals surface area contributed by atoms with Crippen LogP contribution in [0, 0.1) is 0 Å². The molecule has 0 spiro atoms. The van der Waals surface area contributed by atoms with E-state index in [1.807, 2.05) is 37.3 Å². The van der Waals surface area contributed by atoms with Crippen LogP contribution in [0.2, 0.25) is 0 Å². The Morgan fingerprint density at radius 2 is 2.04 bits per heavy atom. The molecule has 128 valence electrons. The zero-order valence-electron chi connectivity index (χ0n) is 14.0. The van der Waals surface area contributed by atoms with Crippen LogP contribution in [0.15, 0.2) is 47.1 Å². The summed E-state index contributed by atoms with van der Waals surface area (Å²) in [5.74, 6) is 1.40. The number of nitrogens with one attached hydrogen (secondary N) is 1. The van der Waals surface area contributed by atoms with Crippen LogP contribution in [0.4, 0.5) is 0 Å². The van der Waals surface area contributed by atoms with Crippen molar-refractivity contribution in [3.05, 3.63) is 54.0 Å². The average Bonchev–Trinajstić information content (AvgIpc) is 3.30. The van der Waals surface area contributed by atoms with Crippen LogP contribution in [0.1, 0.15) is 41.9 Å². The summed E-state index contributed by atoms with van der Waals surface area (Å²) in [4.78, 5) is 15.0. The third-order valence-electron chi connectivity index (χ3n) is 4.34. The minimum atomic E-state index is -0.116. The molecule has 1 aliphatic rings. The number of hydrogen-bond donors (Lipinski definition) is 1. The van der Waals surface area contributed by atoms with Gasteiger partial charge in [-0.15, -0.1) is 0 Å². The molecule has 0 aliphatic carbocycles. The van der Waals surface area contributed by atoms with Crippen LogP contribution < -0.4 is 10.1 Å². The van der Waals surface area contributed by atoms with E-state index in [1.54, 1.807) is 12.3 Å². The summed E-state index contributed by atoms with van der Waals surface area (Å²) < 4.78 is 11.1. The summed E-state index contributed by atoms with van der Waals surface area (Å²) in [6.45, 7) is 5.04. The lowest BCUT2D eigenvalue weighted by molar-refractivity contribution is 0.0930. The van der Waals surface area contributed by atoms with Gasteiger partial charge in [0, 0.05) is 6.54 Å². The predicted octanol–water partition coefficient (Wildman–Crippen LogP) is 3.25. The molecule has 1 aliphatic heterocycles. The van der Waals surface area contributed by atoms with Crippen molar-refractivity contribution >= 4 is 5.91 Å². The maximum absolute atomic E-state index is 12.6. The third-order valence-corrected chi connectivity index (χ3v) is 4.34. The van der Waals surface area contributed by atoms with Gasteiger partial charge in [0.2, 0.25) is 0 Å². The van der Waals surface area contributed by atoms with E-state index >= 15 is 0 Å². The molecule has 2 heterocycles. The number of benzene rings is 1. The Hall–Kier alpha value is -2.27. The number of carbonyl (C=O) groups is 1. The largest absolute Gasteiger partial charge is 0.493 e. The molecule has 1 amide bonds. The maximum atomic E-state index is 12.6. The monoisotopic (exact) mass is 328 g/mol. The number of para-hydroxylation sites is 1. The number of amides is 1. The summed E-state index contributed by atoms with van der Waals surface area (Å²) in [5, 5.41) is 3.04. The van der Waals surface area contributed by atoms with Crippen molar-refractivity contribution in [2.75, 3.05) is 26.2 Å². The van der Waals surface area contributed by atoms with E-state index in [2.05, 4.69) is 10.2 Å². The molecule has 24 heavy (non-hydrogen) atoms. The highest BCUT2D eigenvalue weighted by Gasteiger charge is 2.26. The van der Waals surface area contributed by atoms with Crippen molar-refractivity contribution in [3.63, 3.8) is 0 Å². The van der Waals surface area contributed by atoms with E-state index in [4.69, 9.17) is 9.15 Å². The lowest BCUT2D eigenvalue weighted by atomic mass is 10.1. The fraction of sp³-hybridized carbons (Fsp3) is 0.421. The van der Waals surface area contributed by atoms with E-state index in [-0.39, 0.29) is 11.9 Å². The lowest BCUT2D eigenvalue weighted by Gasteiger charge is -2.26. The molecule has 5 heteroatoms. The van der Waals surface area contributed by atoms with Crippen LogP contribution in [0.5, 0.6) is 5.75 Å². The first-order chi connectivity index (χ1) is 11.8. The minimum Gasteiger partial charge on any atom is -0.493 e. The van der Waals surface area contributed by atoms with E-state index < -0.39 is 0 Å². The van der Waals surface area contributed by atoms with E-state index in [0.717, 1.165) is 18.8 Å². The van der Waals surface area contributed by atoms with Crippen LogP contribution in [0.25, 0.3) is 0 Å². The van der Waals surface area contributed by atoms with Gasteiger partial charge in [0.25, 0.3) is 5.91 Å². The first-order valence-electron chi connectivity index (χ1n) is 8.57. The Labute approximate surface area is 142 Å². The zero-order valence-corrected chi connectivity index (χ0v) is 14.0. The molecule has 1 unspecified atom stereocenters. The summed E-state index contributed by atoms with van der Waals surface area (Å²) >= 11 is 0. The Morgan fingerprint density at radius 3 is 2.75 bits per heavy atom. The minimum absolute atomic E-state index is 0.0747. The highest BCUT2D eigenvalue weighted by atomic mass is 16.5. The number of nitrogens with zero attached hydrogens (tertiary/aromatic N) is 1. The standard InChI is InChI=1S/C19H24N2O3/c1-2-23-17-9-4-3-8-15(17)19(22)20-14-16(18-10-7-13-24-18)21-11-5-6-12-21/h3-4,7-10,13,16H,2,5-6,11-12,14H2,1H3,(H,20,22). The predicted molar refractivity (Wildman–Crippen MR) is 92.2 cm³/mol. The average molecular weight is 328 g/mol. The molecule has 3 rings (SSSR count). The van der Waals surface area contributed by atoms with Gasteiger partial charge in [0.1, 0.15) is 11.5 Å². The van der Waals surface area contributed by atoms with Gasteiger partial charge in [0.15, 0.2) is 0 Å². The summed E-state index contributed by atoms with van der Waals surface area (Å²) in [7, 11) is 0. The van der Waals surface area contributed by atoms with Crippen LogP contribution >= 0.6 is 0 Å². The molecule has 1 atom stereocenters. The molecule has 1 fully saturated rings. The van der Waals surface area contributed by atoms with Crippen molar-refractivity contribution in [2.45, 2.75) is 25.8 Å². The second-order valence-corrected chi connectivity index (χ2v) is 5.91. The van der Waals surface area contributed by atoms with Gasteiger partial charge in [-0.25, -0.2) is 0 Å². The van der Waals surface area contributed by atoms with E-state index in [0.29, 0.717) is 24.5 Å². The molecule has 0 radical (unpaired) electrons. The Morgan fingerprint density at radius 1 is 1.25 bits per heavy atom. The highest BCUT2D eigenvalue weighted by Crippen LogP contribution is 2.25. The molecular weight excluding hydrogens is 304 g/mol. The van der Waals surface area contributed by atoms with Gasteiger partial charge in [-0.1, -0.05) is 12.1 Å². The number of hydrogen-bond acceptors (Lipinski definition) is 4. The van der Waals surface area contributed by atoms with Gasteiger partial charge < -0.3 is 14.5 Å². The van der Waals surface area contributed by atoms with E-state index in [9.17, 15) is 4.79 Å². The van der Waals surface area contributed by atoms with Crippen LogP contribution in [-0.2, 0) is 0 Å². The third kappa shape index (κ3) is 3.79. The van der Waals surface area contributed by atoms with Crippen molar-refractivity contribution < 1.29 is 13.9 Å². The van der Waals surface area contributed by atoms with Crippen LogP contribution in [-0.4, -0.2) is 37.0 Å². The molecule has 1 saturated heterocycles. The topological polar surface area (TPSA) is 54.7 Å². The smallest absolute Gasteiger partial charge is 0.255 e. The number of likely N-dealkylation sites (tertiary alicyclic amines) is 1. The van der Waals surface area contributed by atoms with Crippen molar-refractivity contribution in [2.24, 2.45) is 0 Å². The summed E-state index contributed by atoms with van der Waals surface area (Å²) in [6.07, 6.45) is 4.07. The first-order valence-corrected chi connectivity index (χ1v) is 8.57. The van der Waals surface area contributed by atoms with E-state index in [1.165, 1.54) is 12.8 Å². The fourth-order valence-corrected chi connectivity index (χ4v) is 3.16. The second kappa shape index (κ2) is 8.02. The van der Waals surface area contributed by atoms with Gasteiger partial charge in [-0.2, -0.15) is 0 Å². The summed E-state index contributed by atoms with van der Waals surface area (Å²) in [6, 6.07) is 11.3. The van der Waals surface area contributed by atoms with Gasteiger partial charge >= 0.3 is 0 Å². The number of carbonyl (C=O) groups excluding carboxylic acids is 1. The van der Waals surface area contributed by atoms with Crippen LogP contribution in [0.3, 0.4) is 0 Å². The molecule has 1 N–H and O–H groups in total. The maximum Gasteiger partial charge on any atom is 0.255 e. The number of ether oxygens (including phenoxy) is 1.